The first kappa shape index (κ1) is 12.5. The SMILES string of the molecule is N[C@@H]1CCN(C(=O)[C@H]2C[C@@H]2c2ccc(F)c(F)c2)C1. The summed E-state index contributed by atoms with van der Waals surface area (Å²) in [5.41, 5.74) is 6.49. The Hall–Kier alpha value is -1.49. The quantitative estimate of drug-likeness (QED) is 0.884. The minimum atomic E-state index is -0.849. The van der Waals surface area contributed by atoms with Gasteiger partial charge in [-0.2, -0.15) is 0 Å². The molecule has 1 heterocycles. The zero-order chi connectivity index (χ0) is 13.6. The van der Waals surface area contributed by atoms with E-state index in [-0.39, 0.29) is 23.8 Å². The Labute approximate surface area is 110 Å². The number of nitrogens with two attached hydrogens (primary N) is 1. The van der Waals surface area contributed by atoms with Gasteiger partial charge in [-0.3, -0.25) is 4.79 Å². The third kappa shape index (κ3) is 2.34. The summed E-state index contributed by atoms with van der Waals surface area (Å²) in [5.74, 6) is -1.66. The lowest BCUT2D eigenvalue weighted by atomic mass is 10.1. The van der Waals surface area contributed by atoms with Crippen molar-refractivity contribution in [2.45, 2.75) is 24.8 Å². The van der Waals surface area contributed by atoms with Gasteiger partial charge in [0.05, 0.1) is 0 Å². The minimum absolute atomic E-state index is 0.0272. The lowest BCUT2D eigenvalue weighted by Crippen LogP contribution is -2.33. The third-order valence-corrected chi connectivity index (χ3v) is 4.02. The minimum Gasteiger partial charge on any atom is -0.341 e. The fraction of sp³-hybridized carbons (Fsp3) is 0.500. The van der Waals surface area contributed by atoms with Crippen molar-refractivity contribution < 1.29 is 13.6 Å². The van der Waals surface area contributed by atoms with E-state index >= 15 is 0 Å². The molecule has 19 heavy (non-hydrogen) atoms. The number of carbonyl (C=O) groups excluding carboxylic acids is 1. The standard InChI is InChI=1S/C14H16F2N2O/c15-12-2-1-8(5-13(12)16)10-6-11(10)14(19)18-4-3-9(17)7-18/h1-2,5,9-11H,3-4,6-7,17H2/t9-,10-,11+/m1/s1. The first-order valence-corrected chi connectivity index (χ1v) is 6.55. The van der Waals surface area contributed by atoms with Gasteiger partial charge in [0, 0.05) is 25.0 Å². The highest BCUT2D eigenvalue weighted by Crippen LogP contribution is 2.48. The van der Waals surface area contributed by atoms with E-state index in [1.165, 1.54) is 6.07 Å². The maximum Gasteiger partial charge on any atom is 0.226 e. The molecule has 0 unspecified atom stereocenters. The van der Waals surface area contributed by atoms with Crippen molar-refractivity contribution >= 4 is 5.91 Å². The lowest BCUT2D eigenvalue weighted by Gasteiger charge is -2.15. The van der Waals surface area contributed by atoms with Crippen LogP contribution < -0.4 is 5.73 Å². The Balaban J connectivity index is 1.67. The van der Waals surface area contributed by atoms with Gasteiger partial charge < -0.3 is 10.6 Å². The van der Waals surface area contributed by atoms with E-state index in [0.29, 0.717) is 18.7 Å². The number of benzene rings is 1. The van der Waals surface area contributed by atoms with E-state index in [0.717, 1.165) is 18.9 Å². The van der Waals surface area contributed by atoms with Crippen molar-refractivity contribution in [3.05, 3.63) is 35.4 Å². The number of rotatable bonds is 2. The molecule has 2 fully saturated rings. The van der Waals surface area contributed by atoms with Gasteiger partial charge in [0.15, 0.2) is 11.6 Å². The Morgan fingerprint density at radius 3 is 2.74 bits per heavy atom. The van der Waals surface area contributed by atoms with Crippen LogP contribution in [0.15, 0.2) is 18.2 Å². The smallest absolute Gasteiger partial charge is 0.226 e. The fourth-order valence-electron chi connectivity index (χ4n) is 2.80. The molecule has 1 aromatic rings. The highest BCUT2D eigenvalue weighted by molar-refractivity contribution is 5.83. The van der Waals surface area contributed by atoms with Crippen LogP contribution in [0.25, 0.3) is 0 Å². The van der Waals surface area contributed by atoms with E-state index in [9.17, 15) is 13.6 Å². The van der Waals surface area contributed by atoms with Gasteiger partial charge in [0.25, 0.3) is 0 Å². The summed E-state index contributed by atoms with van der Waals surface area (Å²) in [6, 6.07) is 3.95. The summed E-state index contributed by atoms with van der Waals surface area (Å²) in [6.45, 7) is 1.32. The van der Waals surface area contributed by atoms with E-state index < -0.39 is 11.6 Å². The molecule has 5 heteroatoms. The number of halogens is 2. The average Bonchev–Trinajstić information content (AvgIpc) is 3.07. The molecule has 0 bridgehead atoms. The van der Waals surface area contributed by atoms with Crippen molar-refractivity contribution in [1.29, 1.82) is 0 Å². The molecule has 1 saturated carbocycles. The molecule has 2 N–H and O–H groups in total. The van der Waals surface area contributed by atoms with E-state index in [1.54, 1.807) is 11.0 Å². The van der Waals surface area contributed by atoms with Crippen LogP contribution in [0.1, 0.15) is 24.3 Å². The van der Waals surface area contributed by atoms with E-state index in [1.807, 2.05) is 0 Å². The normalized spacial score (nSPS) is 29.6. The molecule has 3 atom stereocenters. The fourth-order valence-corrected chi connectivity index (χ4v) is 2.80. The Morgan fingerprint density at radius 1 is 1.32 bits per heavy atom. The summed E-state index contributed by atoms with van der Waals surface area (Å²) in [5, 5.41) is 0. The molecular weight excluding hydrogens is 250 g/mol. The number of amides is 1. The summed E-state index contributed by atoms with van der Waals surface area (Å²) in [4.78, 5) is 14.0. The molecule has 1 aliphatic carbocycles. The summed E-state index contributed by atoms with van der Waals surface area (Å²) < 4.78 is 26.0. The molecular formula is C14H16F2N2O. The van der Waals surface area contributed by atoms with Crippen molar-refractivity contribution in [3.8, 4) is 0 Å². The van der Waals surface area contributed by atoms with Gasteiger partial charge in [-0.05, 0) is 36.5 Å². The largest absolute Gasteiger partial charge is 0.341 e. The Bertz CT molecular complexity index is 520. The molecule has 3 nitrogen and oxygen atoms in total. The third-order valence-electron chi connectivity index (χ3n) is 4.02. The number of hydrogen-bond donors (Lipinski definition) is 1. The van der Waals surface area contributed by atoms with Crippen LogP contribution in [0.3, 0.4) is 0 Å². The van der Waals surface area contributed by atoms with Crippen molar-refractivity contribution in [2.75, 3.05) is 13.1 Å². The molecule has 1 aliphatic heterocycles. The molecule has 3 rings (SSSR count). The van der Waals surface area contributed by atoms with Gasteiger partial charge in [0.2, 0.25) is 5.91 Å². The topological polar surface area (TPSA) is 46.3 Å². The molecule has 102 valence electrons. The summed E-state index contributed by atoms with van der Waals surface area (Å²) in [6.07, 6.45) is 1.56. The van der Waals surface area contributed by atoms with Gasteiger partial charge in [-0.25, -0.2) is 8.78 Å². The van der Waals surface area contributed by atoms with Gasteiger partial charge in [-0.1, -0.05) is 6.07 Å². The van der Waals surface area contributed by atoms with Crippen LogP contribution in [0.2, 0.25) is 0 Å². The van der Waals surface area contributed by atoms with Gasteiger partial charge >= 0.3 is 0 Å². The van der Waals surface area contributed by atoms with Crippen molar-refractivity contribution in [2.24, 2.45) is 11.7 Å². The molecule has 0 aromatic heterocycles. The van der Waals surface area contributed by atoms with Crippen LogP contribution in [-0.2, 0) is 4.79 Å². The molecule has 1 aromatic carbocycles. The van der Waals surface area contributed by atoms with Crippen LogP contribution in [0.5, 0.6) is 0 Å². The van der Waals surface area contributed by atoms with Crippen LogP contribution >= 0.6 is 0 Å². The molecule has 0 radical (unpaired) electrons. The lowest BCUT2D eigenvalue weighted by molar-refractivity contribution is -0.131. The van der Waals surface area contributed by atoms with Crippen molar-refractivity contribution in [1.82, 2.24) is 4.90 Å². The highest BCUT2D eigenvalue weighted by Gasteiger charge is 2.46. The first-order valence-electron chi connectivity index (χ1n) is 6.55. The second kappa shape index (κ2) is 4.56. The number of nitrogens with zero attached hydrogens (tertiary/aromatic N) is 1. The highest BCUT2D eigenvalue weighted by atomic mass is 19.2. The number of carbonyl (C=O) groups is 1. The van der Waals surface area contributed by atoms with Crippen LogP contribution in [0.4, 0.5) is 8.78 Å². The molecule has 2 aliphatic rings. The monoisotopic (exact) mass is 266 g/mol. The first-order chi connectivity index (χ1) is 9.06. The molecule has 0 spiro atoms. The maximum atomic E-state index is 13.2. The second-order valence-corrected chi connectivity index (χ2v) is 5.46. The number of likely N-dealkylation sites (tertiary alicyclic amines) is 1. The van der Waals surface area contributed by atoms with Crippen molar-refractivity contribution in [3.63, 3.8) is 0 Å². The zero-order valence-electron chi connectivity index (χ0n) is 10.5. The Morgan fingerprint density at radius 2 is 2.11 bits per heavy atom. The second-order valence-electron chi connectivity index (χ2n) is 5.46. The average molecular weight is 266 g/mol. The van der Waals surface area contributed by atoms with E-state index in [2.05, 4.69) is 0 Å². The number of hydrogen-bond acceptors (Lipinski definition) is 2. The van der Waals surface area contributed by atoms with E-state index in [4.69, 9.17) is 5.73 Å². The van der Waals surface area contributed by atoms with Crippen LogP contribution in [0, 0.1) is 17.6 Å². The predicted octanol–water partition coefficient (Wildman–Crippen LogP) is 1.63. The molecule has 1 saturated heterocycles. The summed E-state index contributed by atoms with van der Waals surface area (Å²) >= 11 is 0. The summed E-state index contributed by atoms with van der Waals surface area (Å²) in [7, 11) is 0. The predicted molar refractivity (Wildman–Crippen MR) is 66.4 cm³/mol. The van der Waals surface area contributed by atoms with Gasteiger partial charge in [0.1, 0.15) is 0 Å². The van der Waals surface area contributed by atoms with Gasteiger partial charge in [-0.15, -0.1) is 0 Å². The Kier molecular flexibility index (Phi) is 3.01. The maximum absolute atomic E-state index is 13.2. The zero-order valence-corrected chi connectivity index (χ0v) is 10.5. The molecule has 1 amide bonds. The van der Waals surface area contributed by atoms with Crippen LogP contribution in [-0.4, -0.2) is 29.9 Å².